The van der Waals surface area contributed by atoms with Gasteiger partial charge in [0.1, 0.15) is 12.4 Å². The second-order valence-electron chi connectivity index (χ2n) is 8.10. The van der Waals surface area contributed by atoms with Crippen LogP contribution >= 0.6 is 23.2 Å². The molecule has 4 rings (SSSR count). The molecule has 1 saturated heterocycles. The Labute approximate surface area is 194 Å². The van der Waals surface area contributed by atoms with Crippen molar-refractivity contribution in [2.75, 3.05) is 23.3 Å². The number of ether oxygens (including phenoxy) is 1. The lowest BCUT2D eigenvalue weighted by Gasteiger charge is -2.29. The predicted molar refractivity (Wildman–Crippen MR) is 132 cm³/mol. The lowest BCUT2D eigenvalue weighted by molar-refractivity contribution is 0.303. The highest BCUT2D eigenvalue weighted by atomic mass is 35.5. The highest BCUT2D eigenvalue weighted by Crippen LogP contribution is 2.31. The Bertz CT molecular complexity index is 1030. The highest BCUT2D eigenvalue weighted by molar-refractivity contribution is 6.33. The van der Waals surface area contributed by atoms with Crippen LogP contribution in [0.3, 0.4) is 0 Å². The Morgan fingerprint density at radius 2 is 1.77 bits per heavy atom. The van der Waals surface area contributed by atoms with Crippen molar-refractivity contribution in [2.24, 2.45) is 0 Å². The Hall–Kier alpha value is -2.36. The molecule has 0 unspecified atom stereocenters. The first kappa shape index (κ1) is 21.9. The summed E-state index contributed by atoms with van der Waals surface area (Å²) in [7, 11) is 0. The van der Waals surface area contributed by atoms with Gasteiger partial charge in [0, 0.05) is 35.9 Å². The summed E-state index contributed by atoms with van der Waals surface area (Å²) in [4.78, 5) is 2.38. The number of nitrogens with zero attached hydrogens (tertiary/aromatic N) is 1. The molecule has 1 aliphatic heterocycles. The summed E-state index contributed by atoms with van der Waals surface area (Å²) in [6, 6.07) is 20.3. The van der Waals surface area contributed by atoms with Crippen molar-refractivity contribution >= 4 is 34.6 Å². The maximum absolute atomic E-state index is 6.60. The molecule has 1 fully saturated rings. The normalized spacial score (nSPS) is 13.8. The summed E-state index contributed by atoms with van der Waals surface area (Å²) in [5.41, 5.74) is 5.49. The number of nitrogens with one attached hydrogen (secondary N) is 1. The standard InChI is InChI=1S/C26H28Cl2N2O/c1-19-6-5-7-20(14-19)18-31-26-11-8-22(27)15-21(26)17-29-23-9-10-25(24(28)16-23)30-12-3-2-4-13-30/h5-11,14-16,29H,2-4,12-13,17-18H2,1H3. The molecule has 3 aromatic carbocycles. The van der Waals surface area contributed by atoms with Crippen LogP contribution in [0.5, 0.6) is 5.75 Å². The van der Waals surface area contributed by atoms with Crippen LogP contribution in [-0.2, 0) is 13.2 Å². The van der Waals surface area contributed by atoms with Gasteiger partial charge < -0.3 is 15.0 Å². The minimum atomic E-state index is 0.521. The van der Waals surface area contributed by atoms with E-state index in [9.17, 15) is 0 Å². The van der Waals surface area contributed by atoms with Gasteiger partial charge in [-0.3, -0.25) is 0 Å². The second-order valence-corrected chi connectivity index (χ2v) is 8.94. The Morgan fingerprint density at radius 1 is 0.935 bits per heavy atom. The molecule has 0 atom stereocenters. The van der Waals surface area contributed by atoms with Crippen LogP contribution in [0.4, 0.5) is 11.4 Å². The maximum atomic E-state index is 6.60. The summed E-state index contributed by atoms with van der Waals surface area (Å²) in [5, 5.41) is 4.94. The van der Waals surface area contributed by atoms with E-state index in [2.05, 4.69) is 53.5 Å². The van der Waals surface area contributed by atoms with Gasteiger partial charge in [-0.05, 0) is 68.1 Å². The van der Waals surface area contributed by atoms with E-state index < -0.39 is 0 Å². The van der Waals surface area contributed by atoms with E-state index >= 15 is 0 Å². The molecule has 0 saturated carbocycles. The van der Waals surface area contributed by atoms with Gasteiger partial charge in [0.2, 0.25) is 0 Å². The summed E-state index contributed by atoms with van der Waals surface area (Å²) < 4.78 is 6.11. The first-order chi connectivity index (χ1) is 15.1. The third-order valence-electron chi connectivity index (χ3n) is 5.63. The quantitative estimate of drug-likeness (QED) is 0.400. The zero-order chi connectivity index (χ0) is 21.6. The van der Waals surface area contributed by atoms with E-state index in [1.807, 2.05) is 24.3 Å². The van der Waals surface area contributed by atoms with Gasteiger partial charge in [-0.25, -0.2) is 0 Å². The van der Waals surface area contributed by atoms with Gasteiger partial charge in [0.25, 0.3) is 0 Å². The van der Waals surface area contributed by atoms with Crippen LogP contribution in [-0.4, -0.2) is 13.1 Å². The van der Waals surface area contributed by atoms with Gasteiger partial charge in [0.05, 0.1) is 10.7 Å². The Kier molecular flexibility index (Phi) is 7.26. The SMILES string of the molecule is Cc1cccc(COc2ccc(Cl)cc2CNc2ccc(N3CCCCC3)c(Cl)c2)c1. The van der Waals surface area contributed by atoms with Crippen molar-refractivity contribution < 1.29 is 4.74 Å². The van der Waals surface area contributed by atoms with Gasteiger partial charge in [0.15, 0.2) is 0 Å². The molecule has 0 aromatic heterocycles. The summed E-state index contributed by atoms with van der Waals surface area (Å²) >= 11 is 12.9. The molecule has 162 valence electrons. The molecule has 3 nitrogen and oxygen atoms in total. The van der Waals surface area contributed by atoms with Crippen molar-refractivity contribution in [3.8, 4) is 5.75 Å². The zero-order valence-electron chi connectivity index (χ0n) is 17.8. The van der Waals surface area contributed by atoms with Gasteiger partial charge in [-0.2, -0.15) is 0 Å². The van der Waals surface area contributed by atoms with Crippen molar-refractivity contribution in [1.82, 2.24) is 0 Å². The minimum absolute atomic E-state index is 0.521. The lowest BCUT2D eigenvalue weighted by atomic mass is 10.1. The number of anilines is 2. The Balaban J connectivity index is 1.43. The molecular formula is C26H28Cl2N2O. The minimum Gasteiger partial charge on any atom is -0.489 e. The van der Waals surface area contributed by atoms with E-state index in [1.54, 1.807) is 0 Å². The second kappa shape index (κ2) is 10.3. The average molecular weight is 455 g/mol. The number of rotatable bonds is 7. The number of hydrogen-bond acceptors (Lipinski definition) is 3. The fourth-order valence-corrected chi connectivity index (χ4v) is 4.49. The van der Waals surface area contributed by atoms with Crippen molar-refractivity contribution in [3.05, 3.63) is 87.4 Å². The number of halogens is 2. The molecule has 1 N–H and O–H groups in total. The van der Waals surface area contributed by atoms with Crippen LogP contribution in [0.15, 0.2) is 60.7 Å². The first-order valence-corrected chi connectivity index (χ1v) is 11.6. The molecule has 0 spiro atoms. The van der Waals surface area contributed by atoms with Crippen LogP contribution in [0, 0.1) is 6.92 Å². The molecule has 31 heavy (non-hydrogen) atoms. The monoisotopic (exact) mass is 454 g/mol. The van der Waals surface area contributed by atoms with Crippen molar-refractivity contribution in [3.63, 3.8) is 0 Å². The number of benzene rings is 3. The summed E-state index contributed by atoms with van der Waals surface area (Å²) in [5.74, 6) is 0.828. The molecule has 1 heterocycles. The largest absolute Gasteiger partial charge is 0.489 e. The predicted octanol–water partition coefficient (Wildman–Crippen LogP) is 7.48. The smallest absolute Gasteiger partial charge is 0.124 e. The zero-order valence-corrected chi connectivity index (χ0v) is 19.3. The van der Waals surface area contributed by atoms with Crippen LogP contribution < -0.4 is 15.0 Å². The average Bonchev–Trinajstić information content (AvgIpc) is 2.78. The van der Waals surface area contributed by atoms with E-state index in [0.29, 0.717) is 18.2 Å². The van der Waals surface area contributed by atoms with Crippen LogP contribution in [0.25, 0.3) is 0 Å². The molecule has 0 amide bonds. The van der Waals surface area contributed by atoms with E-state index in [1.165, 1.54) is 24.8 Å². The molecule has 3 aromatic rings. The summed E-state index contributed by atoms with van der Waals surface area (Å²) in [6.07, 6.45) is 3.77. The third kappa shape index (κ3) is 5.87. The summed E-state index contributed by atoms with van der Waals surface area (Å²) in [6.45, 7) is 5.37. The topological polar surface area (TPSA) is 24.5 Å². The Morgan fingerprint density at radius 3 is 2.55 bits per heavy atom. The van der Waals surface area contributed by atoms with E-state index in [4.69, 9.17) is 27.9 Å². The first-order valence-electron chi connectivity index (χ1n) is 10.8. The molecule has 0 radical (unpaired) electrons. The van der Waals surface area contributed by atoms with Gasteiger partial charge >= 0.3 is 0 Å². The third-order valence-corrected chi connectivity index (χ3v) is 6.16. The van der Waals surface area contributed by atoms with Crippen LogP contribution in [0.2, 0.25) is 10.0 Å². The molecular weight excluding hydrogens is 427 g/mol. The molecule has 1 aliphatic rings. The molecule has 0 bridgehead atoms. The van der Waals surface area contributed by atoms with Gasteiger partial charge in [-0.1, -0.05) is 53.0 Å². The van der Waals surface area contributed by atoms with E-state index in [-0.39, 0.29) is 0 Å². The number of hydrogen-bond donors (Lipinski definition) is 1. The maximum Gasteiger partial charge on any atom is 0.124 e. The van der Waals surface area contributed by atoms with Gasteiger partial charge in [-0.15, -0.1) is 0 Å². The molecule has 0 aliphatic carbocycles. The fraction of sp³-hybridized carbons (Fsp3) is 0.308. The highest BCUT2D eigenvalue weighted by Gasteiger charge is 2.14. The van der Waals surface area contributed by atoms with E-state index in [0.717, 1.165) is 46.4 Å². The fourth-order valence-electron chi connectivity index (χ4n) is 4.00. The number of aryl methyl sites for hydroxylation is 1. The van der Waals surface area contributed by atoms with Crippen molar-refractivity contribution in [2.45, 2.75) is 39.3 Å². The van der Waals surface area contributed by atoms with Crippen LogP contribution in [0.1, 0.15) is 36.0 Å². The number of piperidine rings is 1. The lowest BCUT2D eigenvalue weighted by Crippen LogP contribution is -2.29. The molecule has 5 heteroatoms. The van der Waals surface area contributed by atoms with Crippen molar-refractivity contribution in [1.29, 1.82) is 0 Å².